The molecule has 2 unspecified atom stereocenters. The lowest BCUT2D eigenvalue weighted by atomic mass is 9.73. The highest BCUT2D eigenvalue weighted by Gasteiger charge is 2.40. The van der Waals surface area contributed by atoms with Gasteiger partial charge < -0.3 is 4.90 Å². The second-order valence-electron chi connectivity index (χ2n) is 7.88. The van der Waals surface area contributed by atoms with Gasteiger partial charge >= 0.3 is 0 Å². The zero-order chi connectivity index (χ0) is 16.4. The number of carbonyl (C=O) groups excluding carboxylic acids is 1. The van der Waals surface area contributed by atoms with E-state index in [1.54, 1.807) is 0 Å². The van der Waals surface area contributed by atoms with E-state index in [4.69, 9.17) is 0 Å². The molecule has 1 aromatic heterocycles. The summed E-state index contributed by atoms with van der Waals surface area (Å²) in [4.78, 5) is 15.4. The molecule has 24 heavy (non-hydrogen) atoms. The van der Waals surface area contributed by atoms with Crippen LogP contribution in [0.1, 0.15) is 57.4 Å². The standard InChI is InChI=1S/C19H29N3OS/c23-18(16-4-1-2-5-17(16)22-11-3-10-20-22)21-12-6-19(7-13-21)8-14-24-15-9-19/h3,10-11,16-17H,1-2,4-9,12-15H2. The molecule has 1 aromatic rings. The van der Waals surface area contributed by atoms with Crippen LogP contribution in [-0.4, -0.2) is 45.2 Å². The van der Waals surface area contributed by atoms with Crippen molar-refractivity contribution in [1.82, 2.24) is 14.7 Å². The van der Waals surface area contributed by atoms with E-state index in [0.717, 1.165) is 25.9 Å². The molecule has 5 heteroatoms. The number of aromatic nitrogens is 2. The van der Waals surface area contributed by atoms with Crippen molar-refractivity contribution in [3.8, 4) is 0 Å². The fourth-order valence-electron chi connectivity index (χ4n) is 4.93. The average molecular weight is 348 g/mol. The van der Waals surface area contributed by atoms with Crippen LogP contribution in [0.2, 0.25) is 0 Å². The smallest absolute Gasteiger partial charge is 0.227 e. The second kappa shape index (κ2) is 7.11. The van der Waals surface area contributed by atoms with Crippen molar-refractivity contribution in [1.29, 1.82) is 0 Å². The molecule has 4 nitrogen and oxygen atoms in total. The number of thioether (sulfide) groups is 1. The highest BCUT2D eigenvalue weighted by Crippen LogP contribution is 2.44. The fraction of sp³-hybridized carbons (Fsp3) is 0.789. The van der Waals surface area contributed by atoms with Crippen molar-refractivity contribution in [2.45, 2.75) is 57.4 Å². The van der Waals surface area contributed by atoms with Crippen LogP contribution < -0.4 is 0 Å². The number of hydrogen-bond acceptors (Lipinski definition) is 3. The van der Waals surface area contributed by atoms with Crippen LogP contribution in [0.5, 0.6) is 0 Å². The zero-order valence-electron chi connectivity index (χ0n) is 14.5. The molecular weight excluding hydrogens is 318 g/mol. The van der Waals surface area contributed by atoms with Crippen LogP contribution in [0, 0.1) is 11.3 Å². The Bertz CT molecular complexity index is 543. The number of rotatable bonds is 2. The molecule has 1 saturated carbocycles. The van der Waals surface area contributed by atoms with Gasteiger partial charge in [0.25, 0.3) is 0 Å². The molecule has 2 aliphatic heterocycles. The average Bonchev–Trinajstić information content (AvgIpc) is 3.17. The predicted octanol–water partition coefficient (Wildman–Crippen LogP) is 3.75. The number of amides is 1. The Morgan fingerprint density at radius 2 is 1.83 bits per heavy atom. The molecule has 132 valence electrons. The number of nitrogens with zero attached hydrogens (tertiary/aromatic N) is 3. The Balaban J connectivity index is 1.41. The Morgan fingerprint density at radius 1 is 1.08 bits per heavy atom. The van der Waals surface area contributed by atoms with E-state index < -0.39 is 0 Å². The van der Waals surface area contributed by atoms with E-state index in [1.807, 2.05) is 23.1 Å². The number of carbonyl (C=O) groups is 1. The molecule has 0 aromatic carbocycles. The lowest BCUT2D eigenvalue weighted by Gasteiger charge is -2.45. The van der Waals surface area contributed by atoms with Gasteiger partial charge in [-0.3, -0.25) is 9.48 Å². The van der Waals surface area contributed by atoms with Crippen molar-refractivity contribution in [3.05, 3.63) is 18.5 Å². The van der Waals surface area contributed by atoms with Gasteiger partial charge in [-0.1, -0.05) is 12.8 Å². The summed E-state index contributed by atoms with van der Waals surface area (Å²) in [6.07, 6.45) is 13.5. The van der Waals surface area contributed by atoms with E-state index in [9.17, 15) is 4.79 Å². The first-order valence-electron chi connectivity index (χ1n) is 9.63. The van der Waals surface area contributed by atoms with Gasteiger partial charge in [0, 0.05) is 25.5 Å². The van der Waals surface area contributed by atoms with Gasteiger partial charge in [0.2, 0.25) is 5.91 Å². The molecule has 4 rings (SSSR count). The third-order valence-electron chi connectivity index (χ3n) is 6.60. The van der Waals surface area contributed by atoms with Crippen molar-refractivity contribution >= 4 is 17.7 Å². The Kier molecular flexibility index (Phi) is 4.88. The summed E-state index contributed by atoms with van der Waals surface area (Å²) in [5.74, 6) is 3.17. The van der Waals surface area contributed by atoms with Gasteiger partial charge in [-0.15, -0.1) is 0 Å². The van der Waals surface area contributed by atoms with Gasteiger partial charge in [-0.2, -0.15) is 16.9 Å². The highest BCUT2D eigenvalue weighted by molar-refractivity contribution is 7.99. The van der Waals surface area contributed by atoms with Crippen LogP contribution in [0.15, 0.2) is 18.5 Å². The van der Waals surface area contributed by atoms with Crippen molar-refractivity contribution in [2.24, 2.45) is 11.3 Å². The molecule has 0 N–H and O–H groups in total. The van der Waals surface area contributed by atoms with E-state index in [0.29, 0.717) is 11.3 Å². The Morgan fingerprint density at radius 3 is 2.54 bits per heavy atom. The summed E-state index contributed by atoms with van der Waals surface area (Å²) >= 11 is 2.10. The van der Waals surface area contributed by atoms with Gasteiger partial charge in [-0.05, 0) is 61.5 Å². The molecule has 0 radical (unpaired) electrons. The zero-order valence-corrected chi connectivity index (χ0v) is 15.3. The first kappa shape index (κ1) is 16.5. The minimum absolute atomic E-state index is 0.134. The molecule has 1 amide bonds. The number of hydrogen-bond donors (Lipinski definition) is 0. The Hall–Kier alpha value is -0.970. The maximum Gasteiger partial charge on any atom is 0.227 e. The first-order chi connectivity index (χ1) is 11.8. The minimum atomic E-state index is 0.134. The maximum atomic E-state index is 13.2. The fourth-order valence-corrected chi connectivity index (χ4v) is 6.29. The topological polar surface area (TPSA) is 38.1 Å². The SMILES string of the molecule is O=C(C1CCCCC1n1cccn1)N1CCC2(CCSCC2)CC1. The van der Waals surface area contributed by atoms with Crippen molar-refractivity contribution in [3.63, 3.8) is 0 Å². The molecule has 3 heterocycles. The van der Waals surface area contributed by atoms with Gasteiger partial charge in [-0.25, -0.2) is 0 Å². The summed E-state index contributed by atoms with van der Waals surface area (Å²) in [6, 6.07) is 2.24. The van der Waals surface area contributed by atoms with Gasteiger partial charge in [0.05, 0.1) is 12.0 Å². The summed E-state index contributed by atoms with van der Waals surface area (Å²) in [7, 11) is 0. The monoisotopic (exact) mass is 347 g/mol. The van der Waals surface area contributed by atoms with Crippen LogP contribution in [0.25, 0.3) is 0 Å². The van der Waals surface area contributed by atoms with Crippen LogP contribution >= 0.6 is 11.8 Å². The summed E-state index contributed by atoms with van der Waals surface area (Å²) in [5.41, 5.74) is 0.552. The van der Waals surface area contributed by atoms with Gasteiger partial charge in [0.1, 0.15) is 0 Å². The molecule has 3 fully saturated rings. The lowest BCUT2D eigenvalue weighted by Crippen LogP contribution is -2.48. The van der Waals surface area contributed by atoms with Crippen molar-refractivity contribution < 1.29 is 4.79 Å². The normalized spacial score (nSPS) is 30.4. The first-order valence-corrected chi connectivity index (χ1v) is 10.8. The van der Waals surface area contributed by atoms with E-state index in [-0.39, 0.29) is 12.0 Å². The molecule has 2 atom stereocenters. The molecule has 2 saturated heterocycles. The van der Waals surface area contributed by atoms with Crippen LogP contribution in [0.4, 0.5) is 0 Å². The van der Waals surface area contributed by atoms with E-state index in [1.165, 1.54) is 50.0 Å². The molecule has 1 aliphatic carbocycles. The minimum Gasteiger partial charge on any atom is -0.342 e. The molecule has 1 spiro atoms. The highest BCUT2D eigenvalue weighted by atomic mass is 32.2. The van der Waals surface area contributed by atoms with Crippen molar-refractivity contribution in [2.75, 3.05) is 24.6 Å². The predicted molar refractivity (Wildman–Crippen MR) is 98.0 cm³/mol. The Labute approximate surface area is 149 Å². The maximum absolute atomic E-state index is 13.2. The van der Waals surface area contributed by atoms with Crippen LogP contribution in [0.3, 0.4) is 0 Å². The van der Waals surface area contributed by atoms with Crippen LogP contribution in [-0.2, 0) is 4.79 Å². The largest absolute Gasteiger partial charge is 0.342 e. The summed E-state index contributed by atoms with van der Waals surface area (Å²) in [5, 5.41) is 4.43. The summed E-state index contributed by atoms with van der Waals surface area (Å²) in [6.45, 7) is 1.96. The lowest BCUT2D eigenvalue weighted by molar-refractivity contribution is -0.140. The quantitative estimate of drug-likeness (QED) is 0.818. The number of piperidine rings is 1. The number of likely N-dealkylation sites (tertiary alicyclic amines) is 1. The molecule has 3 aliphatic rings. The second-order valence-corrected chi connectivity index (χ2v) is 9.11. The summed E-state index contributed by atoms with van der Waals surface area (Å²) < 4.78 is 2.03. The van der Waals surface area contributed by atoms with E-state index in [2.05, 4.69) is 21.8 Å². The molecule has 0 bridgehead atoms. The third-order valence-corrected chi connectivity index (χ3v) is 7.59. The molecular formula is C19H29N3OS. The third kappa shape index (κ3) is 3.24. The van der Waals surface area contributed by atoms with E-state index >= 15 is 0 Å². The van der Waals surface area contributed by atoms with Gasteiger partial charge in [0.15, 0.2) is 0 Å².